The van der Waals surface area contributed by atoms with Crippen molar-refractivity contribution < 1.29 is 29.6 Å². The van der Waals surface area contributed by atoms with Crippen molar-refractivity contribution in [3.05, 3.63) is 0 Å². The molecule has 1 fully saturated rings. The van der Waals surface area contributed by atoms with E-state index in [1.165, 1.54) is 6.92 Å². The summed E-state index contributed by atoms with van der Waals surface area (Å²) in [6, 6.07) is 0. The third-order valence-electron chi connectivity index (χ3n) is 2.21. The van der Waals surface area contributed by atoms with Crippen LogP contribution in [0.4, 0.5) is 0 Å². The minimum Gasteiger partial charge on any atom is -0.433 e. The molecule has 6 heteroatoms. The minimum atomic E-state index is -1.34. The van der Waals surface area contributed by atoms with E-state index in [4.69, 9.17) is 9.84 Å². The molecule has 14 heavy (non-hydrogen) atoms. The number of aliphatic hydroxyl groups excluding tert-OH is 3. The summed E-state index contributed by atoms with van der Waals surface area (Å²) in [5, 5.41) is 27.8. The molecule has 0 amide bonds. The number of carbonyl (C=O) groups is 1. The maximum absolute atomic E-state index is 10.6. The number of hydrogen-bond acceptors (Lipinski definition) is 6. The summed E-state index contributed by atoms with van der Waals surface area (Å²) in [7, 11) is 0. The van der Waals surface area contributed by atoms with E-state index in [0.717, 1.165) is 6.92 Å². The maximum Gasteiger partial charge on any atom is 0.305 e. The smallest absolute Gasteiger partial charge is 0.305 e. The van der Waals surface area contributed by atoms with E-state index < -0.39 is 36.7 Å². The van der Waals surface area contributed by atoms with Crippen LogP contribution in [-0.4, -0.2) is 52.0 Å². The number of rotatable bonds is 2. The number of esters is 1. The second-order valence-corrected chi connectivity index (χ2v) is 3.50. The van der Waals surface area contributed by atoms with Crippen LogP contribution < -0.4 is 0 Å². The van der Waals surface area contributed by atoms with Crippen LogP contribution in [0.5, 0.6) is 0 Å². The fourth-order valence-electron chi connectivity index (χ4n) is 1.30. The molecule has 0 aromatic rings. The molecule has 0 radical (unpaired) electrons. The lowest BCUT2D eigenvalue weighted by Gasteiger charge is -2.23. The van der Waals surface area contributed by atoms with Gasteiger partial charge in [0.15, 0.2) is 0 Å². The summed E-state index contributed by atoms with van der Waals surface area (Å²) in [6.45, 7) is 2.12. The molecule has 1 saturated heterocycles. The Morgan fingerprint density at radius 1 is 1.57 bits per heavy atom. The Bertz CT molecular complexity index is 230. The fraction of sp³-hybridized carbons (Fsp3) is 0.875. The summed E-state index contributed by atoms with van der Waals surface area (Å²) >= 11 is 0. The summed E-state index contributed by atoms with van der Waals surface area (Å²) in [4.78, 5) is 10.6. The first-order valence-corrected chi connectivity index (χ1v) is 4.23. The lowest BCUT2D eigenvalue weighted by molar-refractivity contribution is -0.201. The predicted octanol–water partition coefficient (Wildman–Crippen LogP) is -1.62. The molecular weight excluding hydrogens is 192 g/mol. The monoisotopic (exact) mass is 206 g/mol. The molecule has 1 heterocycles. The SMILES string of the molecule is CC(=O)OC1O[C@@](C)(CO)[C@@H](O)[C@H]1O. The minimum absolute atomic E-state index is 0.469. The number of ether oxygens (including phenoxy) is 2. The molecule has 0 aromatic heterocycles. The largest absolute Gasteiger partial charge is 0.433 e. The topological polar surface area (TPSA) is 96.2 Å². The number of hydrogen-bond donors (Lipinski definition) is 3. The van der Waals surface area contributed by atoms with Crippen LogP contribution in [0.3, 0.4) is 0 Å². The van der Waals surface area contributed by atoms with Gasteiger partial charge in [-0.05, 0) is 6.92 Å². The van der Waals surface area contributed by atoms with Gasteiger partial charge in [0.25, 0.3) is 0 Å². The Kier molecular flexibility index (Phi) is 3.10. The van der Waals surface area contributed by atoms with Crippen molar-refractivity contribution in [1.29, 1.82) is 0 Å². The van der Waals surface area contributed by atoms with Gasteiger partial charge in [-0.3, -0.25) is 4.79 Å². The molecule has 0 aliphatic carbocycles. The first kappa shape index (κ1) is 11.4. The van der Waals surface area contributed by atoms with Crippen molar-refractivity contribution >= 4 is 5.97 Å². The Labute approximate surface area is 81.1 Å². The van der Waals surface area contributed by atoms with Gasteiger partial charge in [-0.15, -0.1) is 0 Å². The van der Waals surface area contributed by atoms with Crippen molar-refractivity contribution in [2.75, 3.05) is 6.61 Å². The first-order valence-electron chi connectivity index (χ1n) is 4.23. The van der Waals surface area contributed by atoms with Crippen LogP contribution >= 0.6 is 0 Å². The number of carbonyl (C=O) groups excluding carboxylic acids is 1. The molecule has 0 aromatic carbocycles. The Balaban J connectivity index is 2.71. The molecule has 3 N–H and O–H groups in total. The molecule has 0 saturated carbocycles. The molecule has 1 rings (SSSR count). The fourth-order valence-corrected chi connectivity index (χ4v) is 1.30. The Morgan fingerprint density at radius 2 is 2.14 bits per heavy atom. The summed E-state index contributed by atoms with van der Waals surface area (Å²) in [5.74, 6) is -0.622. The van der Waals surface area contributed by atoms with Crippen LogP contribution in [-0.2, 0) is 14.3 Å². The van der Waals surface area contributed by atoms with Crippen LogP contribution in [0, 0.1) is 0 Å². The van der Waals surface area contributed by atoms with Crippen LogP contribution in [0.2, 0.25) is 0 Å². The molecule has 82 valence electrons. The third-order valence-corrected chi connectivity index (χ3v) is 2.21. The zero-order valence-corrected chi connectivity index (χ0v) is 8.01. The third kappa shape index (κ3) is 1.88. The zero-order chi connectivity index (χ0) is 10.9. The average Bonchev–Trinajstić information content (AvgIpc) is 2.31. The average molecular weight is 206 g/mol. The highest BCUT2D eigenvalue weighted by Gasteiger charge is 2.52. The van der Waals surface area contributed by atoms with Gasteiger partial charge in [0.2, 0.25) is 6.29 Å². The van der Waals surface area contributed by atoms with E-state index in [1.807, 2.05) is 0 Å². The molecule has 0 bridgehead atoms. The standard InChI is InChI=1S/C8H14O6/c1-4(10)13-7-5(11)6(12)8(2,3-9)14-7/h5-7,9,11-12H,3H2,1-2H3/t5-,6+,7?,8+/m1/s1. The van der Waals surface area contributed by atoms with E-state index in [0.29, 0.717) is 0 Å². The van der Waals surface area contributed by atoms with Crippen LogP contribution in [0.25, 0.3) is 0 Å². The molecule has 4 atom stereocenters. The van der Waals surface area contributed by atoms with Crippen molar-refractivity contribution in [3.8, 4) is 0 Å². The van der Waals surface area contributed by atoms with E-state index in [2.05, 4.69) is 4.74 Å². The highest BCUT2D eigenvalue weighted by atomic mass is 16.7. The van der Waals surface area contributed by atoms with Gasteiger partial charge in [-0.1, -0.05) is 0 Å². The lowest BCUT2D eigenvalue weighted by Crippen LogP contribution is -2.43. The van der Waals surface area contributed by atoms with Crippen molar-refractivity contribution in [3.63, 3.8) is 0 Å². The van der Waals surface area contributed by atoms with Crippen molar-refractivity contribution in [1.82, 2.24) is 0 Å². The van der Waals surface area contributed by atoms with Gasteiger partial charge in [0.1, 0.15) is 17.8 Å². The summed E-state index contributed by atoms with van der Waals surface area (Å²) in [6.07, 6.45) is -3.84. The van der Waals surface area contributed by atoms with E-state index >= 15 is 0 Å². The molecule has 6 nitrogen and oxygen atoms in total. The van der Waals surface area contributed by atoms with Crippen molar-refractivity contribution in [2.24, 2.45) is 0 Å². The Hall–Kier alpha value is -0.690. The second kappa shape index (κ2) is 3.82. The maximum atomic E-state index is 10.6. The quantitative estimate of drug-likeness (QED) is 0.470. The van der Waals surface area contributed by atoms with Gasteiger partial charge < -0.3 is 24.8 Å². The zero-order valence-electron chi connectivity index (χ0n) is 8.01. The first-order chi connectivity index (χ1) is 6.40. The van der Waals surface area contributed by atoms with Gasteiger partial charge in [0, 0.05) is 6.92 Å². The van der Waals surface area contributed by atoms with Crippen LogP contribution in [0.15, 0.2) is 0 Å². The summed E-state index contributed by atoms with van der Waals surface area (Å²) in [5.41, 5.74) is -1.29. The molecule has 0 spiro atoms. The molecular formula is C8H14O6. The van der Waals surface area contributed by atoms with E-state index in [1.54, 1.807) is 0 Å². The highest BCUT2D eigenvalue weighted by molar-refractivity contribution is 5.66. The molecule has 1 unspecified atom stereocenters. The van der Waals surface area contributed by atoms with Crippen LogP contribution in [0.1, 0.15) is 13.8 Å². The van der Waals surface area contributed by atoms with Gasteiger partial charge in [-0.2, -0.15) is 0 Å². The molecule has 1 aliphatic rings. The normalized spacial score (nSPS) is 42.5. The second-order valence-electron chi connectivity index (χ2n) is 3.50. The van der Waals surface area contributed by atoms with Gasteiger partial charge >= 0.3 is 5.97 Å². The number of aliphatic hydroxyl groups is 3. The highest BCUT2D eigenvalue weighted by Crippen LogP contribution is 2.31. The predicted molar refractivity (Wildman–Crippen MR) is 44.1 cm³/mol. The Morgan fingerprint density at radius 3 is 2.50 bits per heavy atom. The van der Waals surface area contributed by atoms with Gasteiger partial charge in [-0.25, -0.2) is 0 Å². The molecule has 1 aliphatic heterocycles. The van der Waals surface area contributed by atoms with Gasteiger partial charge in [0.05, 0.1) is 6.61 Å². The van der Waals surface area contributed by atoms with E-state index in [9.17, 15) is 15.0 Å². The summed E-state index contributed by atoms with van der Waals surface area (Å²) < 4.78 is 9.65. The van der Waals surface area contributed by atoms with Crippen molar-refractivity contribution in [2.45, 2.75) is 37.9 Å². The lowest BCUT2D eigenvalue weighted by atomic mass is 9.99. The van der Waals surface area contributed by atoms with E-state index in [-0.39, 0.29) is 0 Å².